The molecule has 0 saturated carbocycles. The lowest BCUT2D eigenvalue weighted by molar-refractivity contribution is 0.578. The highest BCUT2D eigenvalue weighted by Crippen LogP contribution is 2.05. The Morgan fingerprint density at radius 2 is 2.07 bits per heavy atom. The Hall–Kier alpha value is -0.860. The van der Waals surface area contributed by atoms with E-state index in [9.17, 15) is 4.39 Å². The van der Waals surface area contributed by atoms with Gasteiger partial charge in [0.1, 0.15) is 5.82 Å². The molecule has 0 bridgehead atoms. The van der Waals surface area contributed by atoms with Gasteiger partial charge in [-0.3, -0.25) is 0 Å². The van der Waals surface area contributed by atoms with Gasteiger partial charge >= 0.3 is 0 Å². The molecule has 1 nitrogen and oxygen atoms in total. The predicted octanol–water partition coefficient (Wildman–Crippen LogP) is 3.10. The molecule has 1 unspecified atom stereocenters. The average molecular weight is 228 g/mol. The molecule has 1 aromatic rings. The quantitative estimate of drug-likeness (QED) is 0.815. The first kappa shape index (κ1) is 12.2. The molecule has 0 aliphatic heterocycles. The lowest BCUT2D eigenvalue weighted by atomic mass is 10.1. The van der Waals surface area contributed by atoms with Crippen LogP contribution in [0.4, 0.5) is 4.39 Å². The number of hydrogen-bond donors (Lipinski definition) is 1. The van der Waals surface area contributed by atoms with E-state index in [1.807, 2.05) is 18.2 Å². The molecule has 0 saturated heterocycles. The average Bonchev–Trinajstić information content (AvgIpc) is 2.22. The van der Waals surface area contributed by atoms with Crippen molar-refractivity contribution in [2.24, 2.45) is 0 Å². The van der Waals surface area contributed by atoms with Crippen LogP contribution >= 0.6 is 11.6 Å². The highest BCUT2D eigenvalue weighted by atomic mass is 35.5. The number of rotatable bonds is 5. The van der Waals surface area contributed by atoms with Gasteiger partial charge in [-0.05, 0) is 31.0 Å². The van der Waals surface area contributed by atoms with Crippen LogP contribution in [0.1, 0.15) is 12.5 Å². The van der Waals surface area contributed by atoms with Crippen LogP contribution in [-0.4, -0.2) is 12.6 Å². The Balaban J connectivity index is 2.37. The molecule has 0 aliphatic carbocycles. The lowest BCUT2D eigenvalue weighted by Gasteiger charge is -2.12. The first-order valence-corrected chi connectivity index (χ1v) is 5.39. The number of nitrogens with one attached hydrogen (secondary N) is 1. The summed E-state index contributed by atoms with van der Waals surface area (Å²) in [6.07, 6.45) is 2.74. The van der Waals surface area contributed by atoms with Crippen molar-refractivity contribution >= 4 is 11.6 Å². The molecule has 0 aromatic heterocycles. The van der Waals surface area contributed by atoms with Crippen molar-refractivity contribution < 1.29 is 4.39 Å². The summed E-state index contributed by atoms with van der Waals surface area (Å²) in [6.45, 7) is 2.84. The van der Waals surface area contributed by atoms with E-state index in [-0.39, 0.29) is 5.82 Å². The highest BCUT2D eigenvalue weighted by molar-refractivity contribution is 6.25. The van der Waals surface area contributed by atoms with Crippen molar-refractivity contribution in [1.82, 2.24) is 5.32 Å². The van der Waals surface area contributed by atoms with Gasteiger partial charge < -0.3 is 5.32 Å². The van der Waals surface area contributed by atoms with Crippen LogP contribution in [0.25, 0.3) is 0 Å². The maximum atomic E-state index is 12.6. The van der Waals surface area contributed by atoms with Crippen molar-refractivity contribution in [2.75, 3.05) is 6.54 Å². The molecule has 0 fully saturated rings. The maximum absolute atomic E-state index is 12.6. The minimum atomic E-state index is -0.190. The van der Waals surface area contributed by atoms with Gasteiger partial charge in [0, 0.05) is 18.1 Å². The highest BCUT2D eigenvalue weighted by Gasteiger charge is 2.01. The molecule has 0 aliphatic rings. The van der Waals surface area contributed by atoms with E-state index in [0.717, 1.165) is 18.5 Å². The minimum Gasteiger partial charge on any atom is -0.310 e. The fourth-order valence-electron chi connectivity index (χ4n) is 1.36. The van der Waals surface area contributed by atoms with E-state index < -0.39 is 0 Å². The van der Waals surface area contributed by atoms with Crippen molar-refractivity contribution in [3.8, 4) is 0 Å². The number of halogens is 2. The fourth-order valence-corrected chi connectivity index (χ4v) is 1.45. The second-order valence-electron chi connectivity index (χ2n) is 3.50. The second-order valence-corrected chi connectivity index (χ2v) is 3.75. The number of hydrogen-bond acceptors (Lipinski definition) is 1. The van der Waals surface area contributed by atoms with Crippen molar-refractivity contribution in [1.29, 1.82) is 0 Å². The molecule has 3 heteroatoms. The van der Waals surface area contributed by atoms with E-state index in [1.165, 1.54) is 17.7 Å². The summed E-state index contributed by atoms with van der Waals surface area (Å²) in [7, 11) is 0. The van der Waals surface area contributed by atoms with Gasteiger partial charge in [0.2, 0.25) is 0 Å². The molecular formula is C12H15ClFN. The Morgan fingerprint density at radius 3 is 2.67 bits per heavy atom. The van der Waals surface area contributed by atoms with Gasteiger partial charge in [0.15, 0.2) is 0 Å². The standard InChI is InChI=1S/C12H15ClFN/c1-10(15-8-2-7-13)9-11-3-5-12(14)6-4-11/h2-7,10,15H,8-9H2,1H3/b7-2+. The molecule has 0 radical (unpaired) electrons. The van der Waals surface area contributed by atoms with E-state index in [2.05, 4.69) is 12.2 Å². The Labute approximate surface area is 95.0 Å². The Bertz CT molecular complexity index is 308. The zero-order valence-corrected chi connectivity index (χ0v) is 9.47. The van der Waals surface area contributed by atoms with Crippen LogP contribution in [-0.2, 0) is 6.42 Å². The summed E-state index contributed by atoms with van der Waals surface area (Å²) in [4.78, 5) is 0. The summed E-state index contributed by atoms with van der Waals surface area (Å²) in [6, 6.07) is 6.94. The summed E-state index contributed by atoms with van der Waals surface area (Å²) >= 11 is 5.40. The molecule has 0 heterocycles. The van der Waals surface area contributed by atoms with Crippen LogP contribution in [0.5, 0.6) is 0 Å². The smallest absolute Gasteiger partial charge is 0.123 e. The van der Waals surface area contributed by atoms with Crippen molar-refractivity contribution in [3.05, 3.63) is 47.3 Å². The SMILES string of the molecule is CC(Cc1ccc(F)cc1)NC/C=C/Cl. The van der Waals surface area contributed by atoms with E-state index in [0.29, 0.717) is 6.04 Å². The zero-order valence-electron chi connectivity index (χ0n) is 8.71. The van der Waals surface area contributed by atoms with Crippen molar-refractivity contribution in [3.63, 3.8) is 0 Å². The predicted molar refractivity (Wildman–Crippen MR) is 62.6 cm³/mol. The Kier molecular flexibility index (Phi) is 5.37. The molecule has 1 rings (SSSR count). The van der Waals surface area contributed by atoms with Gasteiger partial charge in [-0.1, -0.05) is 29.8 Å². The monoisotopic (exact) mass is 227 g/mol. The topological polar surface area (TPSA) is 12.0 Å². The van der Waals surface area contributed by atoms with E-state index in [1.54, 1.807) is 0 Å². The lowest BCUT2D eigenvalue weighted by Crippen LogP contribution is -2.28. The first-order chi connectivity index (χ1) is 7.22. The fraction of sp³-hybridized carbons (Fsp3) is 0.333. The molecule has 0 amide bonds. The van der Waals surface area contributed by atoms with Crippen LogP contribution in [0.2, 0.25) is 0 Å². The first-order valence-electron chi connectivity index (χ1n) is 4.95. The van der Waals surface area contributed by atoms with Crippen molar-refractivity contribution in [2.45, 2.75) is 19.4 Å². The minimum absolute atomic E-state index is 0.190. The van der Waals surface area contributed by atoms with Gasteiger partial charge in [-0.15, -0.1) is 0 Å². The van der Waals surface area contributed by atoms with Crippen LogP contribution in [0.15, 0.2) is 35.9 Å². The van der Waals surface area contributed by atoms with E-state index >= 15 is 0 Å². The zero-order chi connectivity index (χ0) is 11.1. The molecular weight excluding hydrogens is 213 g/mol. The maximum Gasteiger partial charge on any atom is 0.123 e. The molecule has 0 spiro atoms. The van der Waals surface area contributed by atoms with Gasteiger partial charge in [0.05, 0.1) is 0 Å². The molecule has 82 valence electrons. The second kappa shape index (κ2) is 6.59. The normalized spacial score (nSPS) is 13.3. The third-order valence-corrected chi connectivity index (χ3v) is 2.31. The van der Waals surface area contributed by atoms with Gasteiger partial charge in [0.25, 0.3) is 0 Å². The van der Waals surface area contributed by atoms with E-state index in [4.69, 9.17) is 11.6 Å². The molecule has 1 N–H and O–H groups in total. The largest absolute Gasteiger partial charge is 0.310 e. The summed E-state index contributed by atoms with van der Waals surface area (Å²) in [5, 5.41) is 3.28. The molecule has 1 atom stereocenters. The summed E-state index contributed by atoms with van der Waals surface area (Å²) in [5.41, 5.74) is 2.63. The molecule has 1 aromatic carbocycles. The van der Waals surface area contributed by atoms with Crippen LogP contribution in [0, 0.1) is 5.82 Å². The third kappa shape index (κ3) is 4.96. The van der Waals surface area contributed by atoms with Crippen LogP contribution < -0.4 is 5.32 Å². The van der Waals surface area contributed by atoms with Gasteiger partial charge in [-0.25, -0.2) is 4.39 Å². The molecule has 15 heavy (non-hydrogen) atoms. The Morgan fingerprint density at radius 1 is 1.40 bits per heavy atom. The third-order valence-electron chi connectivity index (χ3n) is 2.13. The number of benzene rings is 1. The summed E-state index contributed by atoms with van der Waals surface area (Å²) in [5.74, 6) is -0.190. The summed E-state index contributed by atoms with van der Waals surface area (Å²) < 4.78 is 12.6. The van der Waals surface area contributed by atoms with Gasteiger partial charge in [-0.2, -0.15) is 0 Å². The van der Waals surface area contributed by atoms with Crippen LogP contribution in [0.3, 0.4) is 0 Å².